The minimum atomic E-state index is -3.12. The minimum absolute atomic E-state index is 0.406. The summed E-state index contributed by atoms with van der Waals surface area (Å²) in [7, 11) is -3.12. The van der Waals surface area contributed by atoms with Crippen molar-refractivity contribution in [3.05, 3.63) is 59.7 Å². The fourth-order valence-electron chi connectivity index (χ4n) is 4.29. The molecule has 2 aromatic carbocycles. The zero-order valence-electron chi connectivity index (χ0n) is 16.5. The third-order valence-electron chi connectivity index (χ3n) is 5.75. The van der Waals surface area contributed by atoms with Gasteiger partial charge in [-0.1, -0.05) is 31.2 Å². The molecule has 27 heavy (non-hydrogen) atoms. The SMILES string of the molecule is CCOc1cccc([C@@H](C)CC2CC[C@H](c3ccc(S(C)(=O)=O)cc3)C2)c1. The van der Waals surface area contributed by atoms with Gasteiger partial charge in [-0.25, -0.2) is 8.42 Å². The second-order valence-corrected chi connectivity index (χ2v) is 9.88. The van der Waals surface area contributed by atoms with Crippen LogP contribution in [0.4, 0.5) is 0 Å². The second kappa shape index (κ2) is 8.47. The molecule has 3 rings (SSSR count). The monoisotopic (exact) mass is 386 g/mol. The molecule has 1 saturated carbocycles. The molecule has 1 fully saturated rings. The van der Waals surface area contributed by atoms with Gasteiger partial charge in [-0.3, -0.25) is 0 Å². The molecule has 0 amide bonds. The van der Waals surface area contributed by atoms with Gasteiger partial charge in [0.1, 0.15) is 5.75 Å². The first-order valence-electron chi connectivity index (χ1n) is 9.89. The van der Waals surface area contributed by atoms with E-state index >= 15 is 0 Å². The van der Waals surface area contributed by atoms with Crippen molar-refractivity contribution in [2.45, 2.75) is 56.3 Å². The molecule has 1 aliphatic carbocycles. The first kappa shape index (κ1) is 19.9. The number of hydrogen-bond acceptors (Lipinski definition) is 3. The van der Waals surface area contributed by atoms with Crippen molar-refractivity contribution >= 4 is 9.84 Å². The van der Waals surface area contributed by atoms with Gasteiger partial charge in [0, 0.05) is 6.26 Å². The van der Waals surface area contributed by atoms with Crippen molar-refractivity contribution in [3.8, 4) is 5.75 Å². The Morgan fingerprint density at radius 1 is 1.11 bits per heavy atom. The predicted molar refractivity (Wildman–Crippen MR) is 110 cm³/mol. The number of sulfone groups is 1. The lowest BCUT2D eigenvalue weighted by Gasteiger charge is -2.18. The third-order valence-corrected chi connectivity index (χ3v) is 6.87. The fraction of sp³-hybridized carbons (Fsp3) is 0.478. The summed E-state index contributed by atoms with van der Waals surface area (Å²) < 4.78 is 28.9. The Labute approximate surface area is 163 Å². The van der Waals surface area contributed by atoms with Crippen LogP contribution < -0.4 is 4.74 Å². The molecular formula is C23H30O3S. The lowest BCUT2D eigenvalue weighted by molar-refractivity contribution is 0.339. The average Bonchev–Trinajstić information content (AvgIpc) is 3.10. The van der Waals surface area contributed by atoms with Gasteiger partial charge in [0.25, 0.3) is 0 Å². The van der Waals surface area contributed by atoms with E-state index in [0.29, 0.717) is 23.3 Å². The second-order valence-electron chi connectivity index (χ2n) is 7.86. The lowest BCUT2D eigenvalue weighted by Crippen LogP contribution is -2.03. The van der Waals surface area contributed by atoms with Crippen molar-refractivity contribution in [3.63, 3.8) is 0 Å². The number of rotatable bonds is 7. The molecular weight excluding hydrogens is 356 g/mol. The molecule has 0 N–H and O–H groups in total. The molecule has 0 radical (unpaired) electrons. The van der Waals surface area contributed by atoms with Gasteiger partial charge in [0.05, 0.1) is 11.5 Å². The van der Waals surface area contributed by atoms with Crippen LogP contribution in [0.1, 0.15) is 62.5 Å². The van der Waals surface area contributed by atoms with E-state index < -0.39 is 9.84 Å². The van der Waals surface area contributed by atoms with Gasteiger partial charge in [-0.15, -0.1) is 0 Å². The Kier molecular flexibility index (Phi) is 6.25. The Hall–Kier alpha value is -1.81. The molecule has 3 atom stereocenters. The highest BCUT2D eigenvalue weighted by atomic mass is 32.2. The molecule has 0 aromatic heterocycles. The van der Waals surface area contributed by atoms with E-state index in [1.807, 2.05) is 25.1 Å². The van der Waals surface area contributed by atoms with Crippen LogP contribution in [0, 0.1) is 5.92 Å². The maximum Gasteiger partial charge on any atom is 0.175 e. The van der Waals surface area contributed by atoms with Gasteiger partial charge in [0.2, 0.25) is 0 Å². The van der Waals surface area contributed by atoms with Crippen LogP contribution in [0.5, 0.6) is 5.75 Å². The smallest absolute Gasteiger partial charge is 0.175 e. The van der Waals surface area contributed by atoms with Crippen molar-refractivity contribution in [1.82, 2.24) is 0 Å². The van der Waals surface area contributed by atoms with Gasteiger partial charge >= 0.3 is 0 Å². The Morgan fingerprint density at radius 3 is 2.52 bits per heavy atom. The molecule has 2 aromatic rings. The highest BCUT2D eigenvalue weighted by Crippen LogP contribution is 2.42. The summed E-state index contributed by atoms with van der Waals surface area (Å²) in [5.74, 6) is 2.74. The van der Waals surface area contributed by atoms with Crippen LogP contribution >= 0.6 is 0 Å². The van der Waals surface area contributed by atoms with Crippen LogP contribution in [-0.2, 0) is 9.84 Å². The fourth-order valence-corrected chi connectivity index (χ4v) is 4.92. The maximum atomic E-state index is 11.6. The first-order valence-corrected chi connectivity index (χ1v) is 11.8. The van der Waals surface area contributed by atoms with Crippen molar-refractivity contribution in [2.75, 3.05) is 12.9 Å². The lowest BCUT2D eigenvalue weighted by atomic mass is 9.88. The number of hydrogen-bond donors (Lipinski definition) is 0. The Morgan fingerprint density at radius 2 is 1.85 bits per heavy atom. The van der Waals surface area contributed by atoms with Gasteiger partial charge in [-0.05, 0) is 85.8 Å². The molecule has 1 unspecified atom stereocenters. The summed E-state index contributed by atoms with van der Waals surface area (Å²) >= 11 is 0. The molecule has 4 heteroatoms. The molecule has 1 aliphatic rings. The number of benzene rings is 2. The van der Waals surface area contributed by atoms with Crippen molar-refractivity contribution in [1.29, 1.82) is 0 Å². The molecule has 0 spiro atoms. The topological polar surface area (TPSA) is 43.4 Å². The van der Waals surface area contributed by atoms with E-state index in [1.54, 1.807) is 12.1 Å². The largest absolute Gasteiger partial charge is 0.494 e. The van der Waals surface area contributed by atoms with E-state index in [-0.39, 0.29) is 0 Å². The quantitative estimate of drug-likeness (QED) is 0.625. The molecule has 0 heterocycles. The van der Waals surface area contributed by atoms with E-state index in [2.05, 4.69) is 25.1 Å². The molecule has 0 aliphatic heterocycles. The minimum Gasteiger partial charge on any atom is -0.494 e. The molecule has 146 valence electrons. The van der Waals surface area contributed by atoms with Crippen LogP contribution in [0.15, 0.2) is 53.4 Å². The zero-order valence-corrected chi connectivity index (χ0v) is 17.3. The van der Waals surface area contributed by atoms with Crippen molar-refractivity contribution < 1.29 is 13.2 Å². The summed E-state index contributed by atoms with van der Waals surface area (Å²) in [6.45, 7) is 5.01. The van der Waals surface area contributed by atoms with E-state index in [1.165, 1.54) is 43.1 Å². The summed E-state index contributed by atoms with van der Waals surface area (Å²) in [6, 6.07) is 16.0. The van der Waals surface area contributed by atoms with E-state index in [4.69, 9.17) is 4.74 Å². The molecule has 0 saturated heterocycles. The highest BCUT2D eigenvalue weighted by Gasteiger charge is 2.27. The summed E-state index contributed by atoms with van der Waals surface area (Å²) in [6.07, 6.45) is 6.07. The highest BCUT2D eigenvalue weighted by molar-refractivity contribution is 7.90. The van der Waals surface area contributed by atoms with Crippen LogP contribution in [-0.4, -0.2) is 21.3 Å². The summed E-state index contributed by atoms with van der Waals surface area (Å²) in [5.41, 5.74) is 2.62. The standard InChI is InChI=1S/C23H30O3S/c1-4-26-22-7-5-6-20(16-22)17(2)14-18-8-9-21(15-18)19-10-12-23(13-11-19)27(3,24)25/h5-7,10-13,16-18,21H,4,8-9,14-15H2,1-3H3/t17-,18?,21-/m0/s1. The van der Waals surface area contributed by atoms with Crippen molar-refractivity contribution in [2.24, 2.45) is 5.92 Å². The Bertz CT molecular complexity index is 855. The summed E-state index contributed by atoms with van der Waals surface area (Å²) in [4.78, 5) is 0.406. The normalized spacial score (nSPS) is 21.1. The third kappa shape index (κ3) is 5.13. The van der Waals surface area contributed by atoms with Crippen LogP contribution in [0.2, 0.25) is 0 Å². The first-order chi connectivity index (χ1) is 12.9. The number of ether oxygens (including phenoxy) is 1. The molecule has 0 bridgehead atoms. The van der Waals surface area contributed by atoms with Crippen LogP contribution in [0.25, 0.3) is 0 Å². The maximum absolute atomic E-state index is 11.6. The van der Waals surface area contributed by atoms with E-state index in [0.717, 1.165) is 11.7 Å². The Balaban J connectivity index is 1.60. The predicted octanol–water partition coefficient (Wildman–Crippen LogP) is 5.57. The van der Waals surface area contributed by atoms with E-state index in [9.17, 15) is 8.42 Å². The summed E-state index contributed by atoms with van der Waals surface area (Å²) in [5, 5.41) is 0. The van der Waals surface area contributed by atoms with Gasteiger partial charge < -0.3 is 4.74 Å². The molecule has 3 nitrogen and oxygen atoms in total. The van der Waals surface area contributed by atoms with Gasteiger partial charge in [-0.2, -0.15) is 0 Å². The average molecular weight is 387 g/mol. The van der Waals surface area contributed by atoms with Crippen LogP contribution in [0.3, 0.4) is 0 Å². The zero-order chi connectivity index (χ0) is 19.4. The van der Waals surface area contributed by atoms with Gasteiger partial charge in [0.15, 0.2) is 9.84 Å².